The number of aromatic nitrogens is 4. The van der Waals surface area contributed by atoms with Crippen molar-refractivity contribution in [2.75, 3.05) is 17.6 Å². The van der Waals surface area contributed by atoms with Crippen LogP contribution < -0.4 is 5.32 Å². The zero-order valence-electron chi connectivity index (χ0n) is 12.3. The van der Waals surface area contributed by atoms with Crippen LogP contribution in [0, 0.1) is 13.8 Å². The van der Waals surface area contributed by atoms with Crippen LogP contribution in [-0.2, 0) is 7.05 Å². The number of aryl methyl sites for hydroxylation is 3. The highest BCUT2D eigenvalue weighted by Gasteiger charge is 2.11. The second kappa shape index (κ2) is 6.03. The quantitative estimate of drug-likeness (QED) is 0.578. The first-order chi connectivity index (χ1) is 10.2. The molecule has 0 aliphatic carbocycles. The summed E-state index contributed by atoms with van der Waals surface area (Å²) in [6, 6.07) is 0. The highest BCUT2D eigenvalue weighted by molar-refractivity contribution is 7.99. The Morgan fingerprint density at radius 1 is 1.29 bits per heavy atom. The largest absolute Gasteiger partial charge is 0.369 e. The average molecular weight is 319 g/mol. The van der Waals surface area contributed by atoms with E-state index in [9.17, 15) is 0 Å². The first kappa shape index (κ1) is 14.3. The van der Waals surface area contributed by atoms with Crippen molar-refractivity contribution in [2.45, 2.75) is 19.0 Å². The normalized spacial score (nSPS) is 11.2. The van der Waals surface area contributed by atoms with Gasteiger partial charge in [-0.2, -0.15) is 0 Å². The maximum atomic E-state index is 4.39. The molecular weight excluding hydrogens is 302 g/mol. The predicted molar refractivity (Wildman–Crippen MR) is 89.3 cm³/mol. The van der Waals surface area contributed by atoms with Gasteiger partial charge < -0.3 is 9.88 Å². The van der Waals surface area contributed by atoms with E-state index >= 15 is 0 Å². The lowest BCUT2D eigenvalue weighted by molar-refractivity contribution is 0.790. The van der Waals surface area contributed by atoms with Gasteiger partial charge in [0.1, 0.15) is 17.0 Å². The maximum Gasteiger partial charge on any atom is 0.167 e. The molecular formula is C14H17N5S2. The number of thiophene rings is 1. The van der Waals surface area contributed by atoms with Crippen LogP contribution in [-0.4, -0.2) is 31.8 Å². The smallest absolute Gasteiger partial charge is 0.167 e. The standard InChI is InChI=1S/C14H17N5S2/c1-9-10(2)21-13-11(9)12(17-8-18-13)15-5-7-20-14-16-4-6-19(14)3/h4,6,8H,5,7H2,1-3H3,(H,15,17,18). The Balaban J connectivity index is 1.67. The Hall–Kier alpha value is -1.60. The van der Waals surface area contributed by atoms with E-state index in [0.29, 0.717) is 0 Å². The summed E-state index contributed by atoms with van der Waals surface area (Å²) >= 11 is 3.46. The summed E-state index contributed by atoms with van der Waals surface area (Å²) in [4.78, 5) is 15.4. The van der Waals surface area contributed by atoms with Crippen LogP contribution in [0.25, 0.3) is 10.2 Å². The monoisotopic (exact) mass is 319 g/mol. The Kier molecular flexibility index (Phi) is 4.12. The zero-order chi connectivity index (χ0) is 14.8. The van der Waals surface area contributed by atoms with Crippen LogP contribution in [0.3, 0.4) is 0 Å². The Morgan fingerprint density at radius 3 is 2.90 bits per heavy atom. The van der Waals surface area contributed by atoms with E-state index in [1.165, 1.54) is 10.4 Å². The van der Waals surface area contributed by atoms with E-state index in [0.717, 1.165) is 33.5 Å². The van der Waals surface area contributed by atoms with Gasteiger partial charge in [0.15, 0.2) is 5.16 Å². The van der Waals surface area contributed by atoms with Gasteiger partial charge in [-0.05, 0) is 19.4 Å². The first-order valence-corrected chi connectivity index (χ1v) is 8.51. The fourth-order valence-corrected chi connectivity index (χ4v) is 3.90. The van der Waals surface area contributed by atoms with Gasteiger partial charge in [0, 0.05) is 36.6 Å². The number of hydrogen-bond donors (Lipinski definition) is 1. The zero-order valence-corrected chi connectivity index (χ0v) is 13.9. The molecule has 5 nitrogen and oxygen atoms in total. The molecule has 7 heteroatoms. The van der Waals surface area contributed by atoms with Gasteiger partial charge in [-0.1, -0.05) is 11.8 Å². The SMILES string of the molecule is Cc1sc2ncnc(NCCSc3nccn3C)c2c1C. The first-order valence-electron chi connectivity index (χ1n) is 6.71. The summed E-state index contributed by atoms with van der Waals surface area (Å²) < 4.78 is 2.03. The van der Waals surface area contributed by atoms with Crippen molar-refractivity contribution in [3.05, 3.63) is 29.2 Å². The van der Waals surface area contributed by atoms with Crippen molar-refractivity contribution in [1.29, 1.82) is 0 Å². The van der Waals surface area contributed by atoms with Gasteiger partial charge >= 0.3 is 0 Å². The van der Waals surface area contributed by atoms with Crippen molar-refractivity contribution < 1.29 is 0 Å². The van der Waals surface area contributed by atoms with Crippen molar-refractivity contribution in [2.24, 2.45) is 7.05 Å². The number of nitrogens with zero attached hydrogens (tertiary/aromatic N) is 4. The minimum atomic E-state index is 0.845. The van der Waals surface area contributed by atoms with E-state index in [4.69, 9.17) is 0 Å². The Morgan fingerprint density at radius 2 is 2.14 bits per heavy atom. The molecule has 0 radical (unpaired) electrons. The van der Waals surface area contributed by atoms with E-state index in [2.05, 4.69) is 34.1 Å². The summed E-state index contributed by atoms with van der Waals surface area (Å²) in [7, 11) is 2.01. The van der Waals surface area contributed by atoms with Gasteiger partial charge in [-0.15, -0.1) is 11.3 Å². The van der Waals surface area contributed by atoms with Gasteiger partial charge in [-0.3, -0.25) is 0 Å². The van der Waals surface area contributed by atoms with Gasteiger partial charge in [-0.25, -0.2) is 15.0 Å². The van der Waals surface area contributed by atoms with Crippen LogP contribution in [0.5, 0.6) is 0 Å². The third-order valence-corrected chi connectivity index (χ3v) is 5.54. The van der Waals surface area contributed by atoms with Crippen molar-refractivity contribution >= 4 is 39.1 Å². The van der Waals surface area contributed by atoms with Crippen molar-refractivity contribution in [1.82, 2.24) is 19.5 Å². The second-order valence-electron chi connectivity index (χ2n) is 4.78. The van der Waals surface area contributed by atoms with E-state index in [-0.39, 0.29) is 0 Å². The summed E-state index contributed by atoms with van der Waals surface area (Å²) in [6.45, 7) is 5.10. The van der Waals surface area contributed by atoms with Crippen LogP contribution in [0.1, 0.15) is 10.4 Å². The Labute approximate surface area is 131 Å². The molecule has 0 unspecified atom stereocenters. The van der Waals surface area contributed by atoms with Crippen LogP contribution in [0.2, 0.25) is 0 Å². The van der Waals surface area contributed by atoms with E-state index in [1.54, 1.807) is 29.4 Å². The molecule has 0 aromatic carbocycles. The molecule has 0 atom stereocenters. The summed E-state index contributed by atoms with van der Waals surface area (Å²) in [5.41, 5.74) is 1.27. The van der Waals surface area contributed by atoms with Gasteiger partial charge in [0.05, 0.1) is 5.39 Å². The number of thioether (sulfide) groups is 1. The molecule has 0 fully saturated rings. The molecule has 110 valence electrons. The molecule has 1 N–H and O–H groups in total. The molecule has 0 amide bonds. The summed E-state index contributed by atoms with van der Waals surface area (Å²) in [5, 5.41) is 5.61. The molecule has 3 aromatic rings. The lowest BCUT2D eigenvalue weighted by atomic mass is 10.2. The number of rotatable bonds is 5. The fourth-order valence-electron chi connectivity index (χ4n) is 2.12. The minimum absolute atomic E-state index is 0.845. The number of imidazole rings is 1. The molecule has 21 heavy (non-hydrogen) atoms. The van der Waals surface area contributed by atoms with Crippen LogP contribution >= 0.6 is 23.1 Å². The number of fused-ring (bicyclic) bond motifs is 1. The minimum Gasteiger partial charge on any atom is -0.369 e. The number of nitrogens with one attached hydrogen (secondary N) is 1. The van der Waals surface area contributed by atoms with Crippen molar-refractivity contribution in [3.8, 4) is 0 Å². The molecule has 3 rings (SSSR count). The summed E-state index contributed by atoms with van der Waals surface area (Å²) in [6.07, 6.45) is 5.41. The molecule has 3 aromatic heterocycles. The molecule has 0 saturated heterocycles. The maximum absolute atomic E-state index is 4.39. The highest BCUT2D eigenvalue weighted by Crippen LogP contribution is 2.32. The second-order valence-corrected chi connectivity index (χ2v) is 7.05. The number of anilines is 1. The van der Waals surface area contributed by atoms with Crippen molar-refractivity contribution in [3.63, 3.8) is 0 Å². The van der Waals surface area contributed by atoms with Gasteiger partial charge in [0.2, 0.25) is 0 Å². The molecule has 0 spiro atoms. The third kappa shape index (κ3) is 2.89. The topological polar surface area (TPSA) is 55.6 Å². The molecule has 0 bridgehead atoms. The number of hydrogen-bond acceptors (Lipinski definition) is 6. The molecule has 3 heterocycles. The average Bonchev–Trinajstić information content (AvgIpc) is 3.00. The van der Waals surface area contributed by atoms with Crippen LogP contribution in [0.15, 0.2) is 23.9 Å². The Bertz CT molecular complexity index is 762. The molecule has 0 aliphatic rings. The van der Waals surface area contributed by atoms with Gasteiger partial charge in [0.25, 0.3) is 0 Å². The lowest BCUT2D eigenvalue weighted by Crippen LogP contribution is -2.07. The summed E-state index contributed by atoms with van der Waals surface area (Å²) in [5.74, 6) is 1.88. The lowest BCUT2D eigenvalue weighted by Gasteiger charge is -2.07. The van der Waals surface area contributed by atoms with E-state index < -0.39 is 0 Å². The highest BCUT2D eigenvalue weighted by atomic mass is 32.2. The fraction of sp³-hybridized carbons (Fsp3) is 0.357. The van der Waals surface area contributed by atoms with E-state index in [1.807, 2.05) is 24.0 Å². The molecule has 0 aliphatic heterocycles. The molecule has 0 saturated carbocycles. The van der Waals surface area contributed by atoms with Crippen LogP contribution in [0.4, 0.5) is 5.82 Å². The predicted octanol–water partition coefficient (Wildman–Crippen LogP) is 3.25. The third-order valence-electron chi connectivity index (χ3n) is 3.37.